The first-order chi connectivity index (χ1) is 8.08. The van der Waals surface area contributed by atoms with Gasteiger partial charge in [-0.25, -0.2) is 0 Å². The van der Waals surface area contributed by atoms with Gasteiger partial charge < -0.3 is 10.2 Å². The van der Waals surface area contributed by atoms with Crippen LogP contribution in [0.3, 0.4) is 0 Å². The fourth-order valence-corrected chi connectivity index (χ4v) is 2.62. The molecule has 1 N–H and O–H groups in total. The zero-order valence-corrected chi connectivity index (χ0v) is 11.6. The van der Waals surface area contributed by atoms with E-state index in [0.717, 1.165) is 24.7 Å². The van der Waals surface area contributed by atoms with Crippen LogP contribution in [0, 0.1) is 12.8 Å². The van der Waals surface area contributed by atoms with E-state index in [9.17, 15) is 0 Å². The molecule has 3 heteroatoms. The Morgan fingerprint density at radius 1 is 1.29 bits per heavy atom. The summed E-state index contributed by atoms with van der Waals surface area (Å²) in [5, 5.41) is 4.33. The zero-order valence-electron chi connectivity index (χ0n) is 10.8. The highest BCUT2D eigenvalue weighted by molar-refractivity contribution is 6.30. The molecule has 17 heavy (non-hydrogen) atoms. The lowest BCUT2D eigenvalue weighted by molar-refractivity contribution is 0.563. The van der Waals surface area contributed by atoms with E-state index < -0.39 is 0 Å². The SMILES string of the molecule is Cc1ccc(Cl)cc1N1CC(C)CNCC1C. The average molecular weight is 253 g/mol. The average Bonchev–Trinajstić information content (AvgIpc) is 2.44. The van der Waals surface area contributed by atoms with E-state index >= 15 is 0 Å². The Morgan fingerprint density at radius 3 is 2.82 bits per heavy atom. The topological polar surface area (TPSA) is 15.3 Å². The second-order valence-corrected chi connectivity index (χ2v) is 5.63. The fraction of sp³-hybridized carbons (Fsp3) is 0.571. The van der Waals surface area contributed by atoms with Gasteiger partial charge in [0, 0.05) is 29.8 Å². The molecule has 2 atom stereocenters. The molecule has 2 rings (SSSR count). The van der Waals surface area contributed by atoms with Gasteiger partial charge in [-0.2, -0.15) is 0 Å². The molecule has 2 nitrogen and oxygen atoms in total. The standard InChI is InChI=1S/C14H21ClN2/c1-10-7-16-8-12(3)17(9-10)14-6-13(15)5-4-11(14)2/h4-6,10,12,16H,7-9H2,1-3H3. The van der Waals surface area contributed by atoms with Crippen LogP contribution in [0.1, 0.15) is 19.4 Å². The van der Waals surface area contributed by atoms with E-state index in [1.807, 2.05) is 6.07 Å². The van der Waals surface area contributed by atoms with Gasteiger partial charge in [0.1, 0.15) is 0 Å². The fourth-order valence-electron chi connectivity index (χ4n) is 2.46. The Hall–Kier alpha value is -0.730. The first-order valence-electron chi connectivity index (χ1n) is 6.31. The van der Waals surface area contributed by atoms with Gasteiger partial charge in [-0.05, 0) is 44.0 Å². The van der Waals surface area contributed by atoms with E-state index in [2.05, 4.69) is 43.1 Å². The third kappa shape index (κ3) is 2.93. The lowest BCUT2D eigenvalue weighted by Gasteiger charge is -2.32. The normalized spacial score (nSPS) is 25.8. The third-order valence-corrected chi connectivity index (χ3v) is 3.69. The Balaban J connectivity index is 2.32. The molecule has 0 aliphatic carbocycles. The predicted molar refractivity (Wildman–Crippen MR) is 75.0 cm³/mol. The Morgan fingerprint density at radius 2 is 2.06 bits per heavy atom. The summed E-state index contributed by atoms with van der Waals surface area (Å²) in [6, 6.07) is 6.67. The molecule has 0 radical (unpaired) electrons. The first-order valence-corrected chi connectivity index (χ1v) is 6.69. The minimum atomic E-state index is 0.511. The Kier molecular flexibility index (Phi) is 3.95. The molecule has 0 bridgehead atoms. The van der Waals surface area contributed by atoms with Crippen molar-refractivity contribution in [1.29, 1.82) is 0 Å². The number of benzene rings is 1. The minimum Gasteiger partial charge on any atom is -0.367 e. The van der Waals surface area contributed by atoms with Crippen molar-refractivity contribution in [2.24, 2.45) is 5.92 Å². The van der Waals surface area contributed by atoms with Gasteiger partial charge in [-0.1, -0.05) is 24.6 Å². The highest BCUT2D eigenvalue weighted by atomic mass is 35.5. The molecule has 1 aromatic carbocycles. The van der Waals surface area contributed by atoms with E-state index in [4.69, 9.17) is 11.6 Å². The summed E-state index contributed by atoms with van der Waals surface area (Å²) < 4.78 is 0. The van der Waals surface area contributed by atoms with Gasteiger partial charge in [0.05, 0.1) is 0 Å². The Bertz CT molecular complexity index is 392. The highest BCUT2D eigenvalue weighted by Crippen LogP contribution is 2.27. The van der Waals surface area contributed by atoms with Gasteiger partial charge in [-0.3, -0.25) is 0 Å². The van der Waals surface area contributed by atoms with Crippen LogP contribution in [0.15, 0.2) is 18.2 Å². The number of aryl methyl sites for hydroxylation is 1. The smallest absolute Gasteiger partial charge is 0.0426 e. The van der Waals surface area contributed by atoms with Crippen LogP contribution in [0.2, 0.25) is 5.02 Å². The molecular weight excluding hydrogens is 232 g/mol. The number of hydrogen-bond donors (Lipinski definition) is 1. The molecule has 0 aromatic heterocycles. The summed E-state index contributed by atoms with van der Waals surface area (Å²) in [6.07, 6.45) is 0. The summed E-state index contributed by atoms with van der Waals surface area (Å²) in [5.41, 5.74) is 2.58. The van der Waals surface area contributed by atoms with E-state index in [1.54, 1.807) is 0 Å². The molecule has 1 aliphatic rings. The van der Waals surface area contributed by atoms with Gasteiger partial charge in [0.15, 0.2) is 0 Å². The summed E-state index contributed by atoms with van der Waals surface area (Å²) in [7, 11) is 0. The number of nitrogens with one attached hydrogen (secondary N) is 1. The molecular formula is C14H21ClN2. The molecule has 1 saturated heterocycles. The van der Waals surface area contributed by atoms with Crippen LogP contribution >= 0.6 is 11.6 Å². The number of nitrogens with zero attached hydrogens (tertiary/aromatic N) is 1. The van der Waals surface area contributed by atoms with Gasteiger partial charge >= 0.3 is 0 Å². The number of rotatable bonds is 1. The van der Waals surface area contributed by atoms with Crippen LogP contribution in [0.25, 0.3) is 0 Å². The summed E-state index contributed by atoms with van der Waals surface area (Å²) in [4.78, 5) is 2.48. The maximum absolute atomic E-state index is 6.12. The maximum atomic E-state index is 6.12. The molecule has 0 amide bonds. The molecule has 1 aliphatic heterocycles. The summed E-state index contributed by atoms with van der Waals surface area (Å²) >= 11 is 6.12. The summed E-state index contributed by atoms with van der Waals surface area (Å²) in [6.45, 7) is 9.94. The van der Waals surface area contributed by atoms with Gasteiger partial charge in [0.2, 0.25) is 0 Å². The number of hydrogen-bond acceptors (Lipinski definition) is 2. The van der Waals surface area contributed by atoms with Crippen molar-refractivity contribution in [3.63, 3.8) is 0 Å². The largest absolute Gasteiger partial charge is 0.367 e. The molecule has 0 saturated carbocycles. The molecule has 1 fully saturated rings. The Labute approximate surface area is 109 Å². The molecule has 1 heterocycles. The second-order valence-electron chi connectivity index (χ2n) is 5.20. The number of halogens is 1. The van der Waals surface area contributed by atoms with Gasteiger partial charge in [-0.15, -0.1) is 0 Å². The van der Waals surface area contributed by atoms with Crippen molar-refractivity contribution >= 4 is 17.3 Å². The van der Waals surface area contributed by atoms with E-state index in [-0.39, 0.29) is 0 Å². The van der Waals surface area contributed by atoms with Crippen molar-refractivity contribution in [2.75, 3.05) is 24.5 Å². The van der Waals surface area contributed by atoms with Crippen molar-refractivity contribution in [1.82, 2.24) is 5.32 Å². The quantitative estimate of drug-likeness (QED) is 0.826. The van der Waals surface area contributed by atoms with Crippen molar-refractivity contribution in [2.45, 2.75) is 26.8 Å². The zero-order chi connectivity index (χ0) is 12.4. The molecule has 94 valence electrons. The number of anilines is 1. The monoisotopic (exact) mass is 252 g/mol. The minimum absolute atomic E-state index is 0.511. The van der Waals surface area contributed by atoms with Crippen LogP contribution < -0.4 is 10.2 Å². The lowest BCUT2D eigenvalue weighted by Crippen LogP contribution is -2.38. The first kappa shape index (κ1) is 12.7. The van der Waals surface area contributed by atoms with Gasteiger partial charge in [0.25, 0.3) is 0 Å². The van der Waals surface area contributed by atoms with Crippen LogP contribution in [0.5, 0.6) is 0 Å². The predicted octanol–water partition coefficient (Wildman–Crippen LogP) is 3.08. The van der Waals surface area contributed by atoms with E-state index in [0.29, 0.717) is 12.0 Å². The van der Waals surface area contributed by atoms with Crippen LogP contribution in [-0.2, 0) is 0 Å². The van der Waals surface area contributed by atoms with Crippen LogP contribution in [0.4, 0.5) is 5.69 Å². The molecule has 0 spiro atoms. The second kappa shape index (κ2) is 5.28. The highest BCUT2D eigenvalue weighted by Gasteiger charge is 2.22. The van der Waals surface area contributed by atoms with E-state index in [1.165, 1.54) is 11.3 Å². The van der Waals surface area contributed by atoms with Crippen LogP contribution in [-0.4, -0.2) is 25.7 Å². The maximum Gasteiger partial charge on any atom is 0.0426 e. The molecule has 2 unspecified atom stereocenters. The molecule has 1 aromatic rings. The third-order valence-electron chi connectivity index (χ3n) is 3.45. The van der Waals surface area contributed by atoms with Crippen molar-refractivity contribution in [3.05, 3.63) is 28.8 Å². The van der Waals surface area contributed by atoms with Crippen molar-refractivity contribution < 1.29 is 0 Å². The summed E-state index contributed by atoms with van der Waals surface area (Å²) in [5.74, 6) is 0.665. The lowest BCUT2D eigenvalue weighted by atomic mass is 10.1. The van der Waals surface area contributed by atoms with Crippen molar-refractivity contribution in [3.8, 4) is 0 Å².